The van der Waals surface area contributed by atoms with Crippen LogP contribution in [0.5, 0.6) is 5.75 Å². The third-order valence-electron chi connectivity index (χ3n) is 4.54. The van der Waals surface area contributed by atoms with Crippen molar-refractivity contribution in [2.45, 2.75) is 44.1 Å². The molecule has 1 aliphatic rings. The Morgan fingerprint density at radius 3 is 2.38 bits per heavy atom. The fraction of sp³-hybridized carbons (Fsp3) is 0.533. The molecule has 1 aliphatic heterocycles. The number of phenols is 1. The summed E-state index contributed by atoms with van der Waals surface area (Å²) in [6.07, 6.45) is -7.00. The lowest BCUT2D eigenvalue weighted by Gasteiger charge is -2.33. The standard InChI is InChI=1S/C15H15F5O4/c1-3-7-9(6-4-5-8(16)10(17)11(6)21)12(13(22)23)24-14(7,2)15(18,19)20/h4-5,7,9,12,21H,3H2,1-2H3,(H,22,23). The SMILES string of the molecule is CCC1C(c2ccc(F)c(F)c2O)C(C(=O)O)OC1(C)C(F)(F)F. The highest BCUT2D eigenvalue weighted by atomic mass is 19.4. The minimum absolute atomic E-state index is 0.150. The molecule has 4 unspecified atom stereocenters. The Morgan fingerprint density at radius 2 is 1.92 bits per heavy atom. The third kappa shape index (κ3) is 2.60. The van der Waals surface area contributed by atoms with Crippen molar-refractivity contribution in [1.29, 1.82) is 0 Å². The maximum atomic E-state index is 13.6. The first kappa shape index (κ1) is 18.4. The van der Waals surface area contributed by atoms with Crippen LogP contribution in [0.15, 0.2) is 12.1 Å². The Labute approximate surface area is 133 Å². The van der Waals surface area contributed by atoms with Crippen molar-refractivity contribution >= 4 is 5.97 Å². The summed E-state index contributed by atoms with van der Waals surface area (Å²) in [4.78, 5) is 11.4. The molecule has 1 heterocycles. The number of hydrogen-bond acceptors (Lipinski definition) is 3. The Bertz CT molecular complexity index is 660. The van der Waals surface area contributed by atoms with Crippen LogP contribution in [0.25, 0.3) is 0 Å². The zero-order valence-electron chi connectivity index (χ0n) is 12.7. The number of halogens is 5. The van der Waals surface area contributed by atoms with Crippen molar-refractivity contribution in [2.75, 3.05) is 0 Å². The molecule has 1 fully saturated rings. The Balaban J connectivity index is 2.65. The molecule has 1 saturated heterocycles. The van der Waals surface area contributed by atoms with E-state index in [1.54, 1.807) is 0 Å². The lowest BCUT2D eigenvalue weighted by molar-refractivity contribution is -0.275. The second kappa shape index (κ2) is 5.87. The van der Waals surface area contributed by atoms with Crippen LogP contribution in [-0.2, 0) is 9.53 Å². The first-order valence-electron chi connectivity index (χ1n) is 7.09. The van der Waals surface area contributed by atoms with Gasteiger partial charge in [0.05, 0.1) is 0 Å². The molecule has 0 aliphatic carbocycles. The number of carbonyl (C=O) groups is 1. The second-order valence-electron chi connectivity index (χ2n) is 5.82. The largest absolute Gasteiger partial charge is 0.505 e. The van der Waals surface area contributed by atoms with E-state index < -0.39 is 58.6 Å². The smallest absolute Gasteiger partial charge is 0.417 e. The molecule has 0 radical (unpaired) electrons. The highest BCUT2D eigenvalue weighted by molar-refractivity contribution is 5.75. The van der Waals surface area contributed by atoms with E-state index >= 15 is 0 Å². The Hall–Kier alpha value is -1.90. The number of carboxylic acid groups (broad SMARTS) is 1. The Morgan fingerprint density at radius 1 is 1.33 bits per heavy atom. The minimum atomic E-state index is -4.88. The summed E-state index contributed by atoms with van der Waals surface area (Å²) in [6.45, 7) is 2.11. The molecule has 1 aromatic rings. The van der Waals surface area contributed by atoms with Crippen LogP contribution in [0.4, 0.5) is 22.0 Å². The van der Waals surface area contributed by atoms with Gasteiger partial charge in [-0.25, -0.2) is 9.18 Å². The van der Waals surface area contributed by atoms with Gasteiger partial charge in [0.15, 0.2) is 23.3 Å². The lowest BCUT2D eigenvalue weighted by Crippen LogP contribution is -2.47. The maximum Gasteiger partial charge on any atom is 0.417 e. The number of hydrogen-bond donors (Lipinski definition) is 2. The summed E-state index contributed by atoms with van der Waals surface area (Å²) in [5, 5.41) is 19.0. The molecular weight excluding hydrogens is 339 g/mol. The minimum Gasteiger partial charge on any atom is -0.505 e. The van der Waals surface area contributed by atoms with Gasteiger partial charge in [-0.15, -0.1) is 0 Å². The van der Waals surface area contributed by atoms with E-state index in [2.05, 4.69) is 0 Å². The highest BCUT2D eigenvalue weighted by Gasteiger charge is 2.66. The van der Waals surface area contributed by atoms with Crippen molar-refractivity contribution in [1.82, 2.24) is 0 Å². The van der Waals surface area contributed by atoms with Gasteiger partial charge in [-0.3, -0.25) is 0 Å². The van der Waals surface area contributed by atoms with Crippen molar-refractivity contribution in [3.63, 3.8) is 0 Å². The molecule has 0 spiro atoms. The van der Waals surface area contributed by atoms with Crippen LogP contribution in [0.2, 0.25) is 0 Å². The number of carboxylic acids is 1. The van der Waals surface area contributed by atoms with Gasteiger partial charge in [-0.2, -0.15) is 17.6 Å². The van der Waals surface area contributed by atoms with Crippen LogP contribution >= 0.6 is 0 Å². The quantitative estimate of drug-likeness (QED) is 0.815. The zero-order chi connectivity index (χ0) is 18.4. The number of alkyl halides is 3. The first-order valence-corrected chi connectivity index (χ1v) is 7.09. The second-order valence-corrected chi connectivity index (χ2v) is 5.82. The summed E-state index contributed by atoms with van der Waals surface area (Å²) in [5.74, 6) is -8.83. The molecule has 9 heteroatoms. The molecule has 0 aromatic heterocycles. The average molecular weight is 354 g/mol. The molecule has 2 rings (SSSR count). The molecule has 0 bridgehead atoms. The molecule has 1 aromatic carbocycles. The number of ether oxygens (including phenoxy) is 1. The fourth-order valence-corrected chi connectivity index (χ4v) is 3.31. The van der Waals surface area contributed by atoms with Crippen LogP contribution in [0.3, 0.4) is 0 Å². The van der Waals surface area contributed by atoms with E-state index in [-0.39, 0.29) is 6.42 Å². The molecule has 4 nitrogen and oxygen atoms in total. The van der Waals surface area contributed by atoms with Crippen molar-refractivity contribution in [2.24, 2.45) is 5.92 Å². The topological polar surface area (TPSA) is 66.8 Å². The molecule has 0 saturated carbocycles. The molecule has 134 valence electrons. The molecular formula is C15H15F5O4. The molecule has 24 heavy (non-hydrogen) atoms. The van der Waals surface area contributed by atoms with Gasteiger partial charge in [0.25, 0.3) is 0 Å². The van der Waals surface area contributed by atoms with Gasteiger partial charge < -0.3 is 14.9 Å². The third-order valence-corrected chi connectivity index (χ3v) is 4.54. The van der Waals surface area contributed by atoms with E-state index in [0.717, 1.165) is 6.07 Å². The van der Waals surface area contributed by atoms with Crippen LogP contribution in [-0.4, -0.2) is 34.1 Å². The summed E-state index contributed by atoms with van der Waals surface area (Å²) in [7, 11) is 0. The maximum absolute atomic E-state index is 13.6. The van der Waals surface area contributed by atoms with Gasteiger partial charge in [0.2, 0.25) is 5.82 Å². The van der Waals surface area contributed by atoms with E-state index in [1.165, 1.54) is 6.92 Å². The van der Waals surface area contributed by atoms with Crippen LogP contribution in [0, 0.1) is 17.6 Å². The van der Waals surface area contributed by atoms with E-state index in [1.807, 2.05) is 0 Å². The highest BCUT2D eigenvalue weighted by Crippen LogP contribution is 2.55. The Kier molecular flexibility index (Phi) is 4.51. The van der Waals surface area contributed by atoms with Crippen molar-refractivity contribution in [3.05, 3.63) is 29.3 Å². The average Bonchev–Trinajstić information content (AvgIpc) is 2.79. The predicted octanol–water partition coefficient (Wildman–Crippen LogP) is 3.58. The summed E-state index contributed by atoms with van der Waals surface area (Å²) < 4.78 is 71.9. The fourth-order valence-electron chi connectivity index (χ4n) is 3.31. The first-order chi connectivity index (χ1) is 11.0. The summed E-state index contributed by atoms with van der Waals surface area (Å²) >= 11 is 0. The number of phenolic OH excluding ortho intramolecular Hbond substituents is 1. The lowest BCUT2D eigenvalue weighted by atomic mass is 9.74. The van der Waals surface area contributed by atoms with E-state index in [9.17, 15) is 37.0 Å². The zero-order valence-corrected chi connectivity index (χ0v) is 12.7. The van der Waals surface area contributed by atoms with E-state index in [0.29, 0.717) is 13.0 Å². The van der Waals surface area contributed by atoms with Crippen molar-refractivity contribution < 1.29 is 41.7 Å². The van der Waals surface area contributed by atoms with Gasteiger partial charge in [0.1, 0.15) is 0 Å². The molecule has 4 atom stereocenters. The van der Waals surface area contributed by atoms with Gasteiger partial charge >= 0.3 is 12.1 Å². The van der Waals surface area contributed by atoms with Crippen LogP contribution in [0.1, 0.15) is 31.7 Å². The van der Waals surface area contributed by atoms with Gasteiger partial charge in [-0.05, 0) is 19.4 Å². The summed E-state index contributed by atoms with van der Waals surface area (Å²) in [5.41, 5.74) is -3.23. The number of benzene rings is 1. The van der Waals surface area contributed by atoms with Crippen molar-refractivity contribution in [3.8, 4) is 5.75 Å². The monoisotopic (exact) mass is 354 g/mol. The molecule has 2 N–H and O–H groups in total. The van der Waals surface area contributed by atoms with Gasteiger partial charge in [-0.1, -0.05) is 13.0 Å². The number of rotatable bonds is 3. The molecule has 0 amide bonds. The van der Waals surface area contributed by atoms with Gasteiger partial charge in [0, 0.05) is 17.4 Å². The van der Waals surface area contributed by atoms with E-state index in [4.69, 9.17) is 4.74 Å². The normalized spacial score (nSPS) is 30.5. The van der Waals surface area contributed by atoms with Crippen LogP contribution < -0.4 is 0 Å². The predicted molar refractivity (Wildman–Crippen MR) is 71.5 cm³/mol. The number of aromatic hydroxyl groups is 1. The number of aliphatic carboxylic acids is 1. The summed E-state index contributed by atoms with van der Waals surface area (Å²) in [6, 6.07) is 1.50.